The van der Waals surface area contributed by atoms with Crippen molar-refractivity contribution in [2.24, 2.45) is 17.8 Å². The fourth-order valence-corrected chi connectivity index (χ4v) is 5.09. The summed E-state index contributed by atoms with van der Waals surface area (Å²) in [7, 11) is 0. The molecule has 0 bridgehead atoms. The summed E-state index contributed by atoms with van der Waals surface area (Å²) in [6.45, 7) is 1.21. The van der Waals surface area contributed by atoms with Crippen LogP contribution in [0.25, 0.3) is 0 Å². The second-order valence-corrected chi connectivity index (χ2v) is 7.51. The number of hydrogen-bond donors (Lipinski definition) is 1. The third-order valence-corrected chi connectivity index (χ3v) is 6.24. The molecule has 1 saturated heterocycles. The van der Waals surface area contributed by atoms with Gasteiger partial charge in [-0.15, -0.1) is 0 Å². The summed E-state index contributed by atoms with van der Waals surface area (Å²) < 4.78 is 0. The average molecular weight is 293 g/mol. The van der Waals surface area contributed by atoms with Gasteiger partial charge in [-0.1, -0.05) is 25.7 Å². The summed E-state index contributed by atoms with van der Waals surface area (Å²) in [5.41, 5.74) is 0. The van der Waals surface area contributed by atoms with Crippen molar-refractivity contribution in [2.45, 2.75) is 76.7 Å². The van der Waals surface area contributed by atoms with Crippen LogP contribution in [0.1, 0.15) is 70.6 Å². The summed E-state index contributed by atoms with van der Waals surface area (Å²) >= 11 is 0. The molecule has 3 rings (SSSR count). The third kappa shape index (κ3) is 3.44. The summed E-state index contributed by atoms with van der Waals surface area (Å²) in [6.07, 6.45) is 13.3. The molecule has 21 heavy (non-hydrogen) atoms. The van der Waals surface area contributed by atoms with E-state index in [1.165, 1.54) is 32.1 Å². The molecule has 3 heteroatoms. The maximum Gasteiger partial charge on any atom is 0.225 e. The van der Waals surface area contributed by atoms with Gasteiger partial charge in [0.2, 0.25) is 5.91 Å². The summed E-state index contributed by atoms with van der Waals surface area (Å²) in [4.78, 5) is 15.1. The van der Waals surface area contributed by atoms with E-state index in [1.807, 2.05) is 0 Å². The molecule has 1 aliphatic heterocycles. The Morgan fingerprint density at radius 2 is 1.81 bits per heavy atom. The molecule has 120 valence electrons. The number of nitrogens with zero attached hydrogens (tertiary/aromatic N) is 1. The third-order valence-electron chi connectivity index (χ3n) is 6.24. The number of aliphatic hydroxyl groups is 1. The second kappa shape index (κ2) is 7.13. The van der Waals surface area contributed by atoms with Gasteiger partial charge in [-0.25, -0.2) is 0 Å². The van der Waals surface area contributed by atoms with Gasteiger partial charge in [-0.3, -0.25) is 4.79 Å². The summed E-state index contributed by atoms with van der Waals surface area (Å²) in [5.74, 6) is 2.50. The molecule has 0 aromatic carbocycles. The monoisotopic (exact) mass is 293 g/mol. The highest BCUT2D eigenvalue weighted by atomic mass is 16.3. The first-order valence-corrected chi connectivity index (χ1v) is 9.21. The summed E-state index contributed by atoms with van der Waals surface area (Å²) in [5, 5.41) is 9.03. The quantitative estimate of drug-likeness (QED) is 0.863. The summed E-state index contributed by atoms with van der Waals surface area (Å²) in [6, 6.07) is 0.411. The van der Waals surface area contributed by atoms with E-state index in [9.17, 15) is 4.79 Å². The van der Waals surface area contributed by atoms with Gasteiger partial charge in [-0.2, -0.15) is 0 Å². The predicted octanol–water partition coefficient (Wildman–Crippen LogP) is 3.36. The first-order chi connectivity index (χ1) is 10.3. The second-order valence-electron chi connectivity index (χ2n) is 7.51. The molecule has 4 atom stereocenters. The van der Waals surface area contributed by atoms with Crippen molar-refractivity contribution in [1.82, 2.24) is 4.90 Å². The van der Waals surface area contributed by atoms with Gasteiger partial charge >= 0.3 is 0 Å². The molecule has 3 fully saturated rings. The van der Waals surface area contributed by atoms with Crippen LogP contribution >= 0.6 is 0 Å². The van der Waals surface area contributed by atoms with Gasteiger partial charge in [-0.05, 0) is 56.8 Å². The largest absolute Gasteiger partial charge is 0.396 e. The maximum absolute atomic E-state index is 12.9. The van der Waals surface area contributed by atoms with Crippen LogP contribution < -0.4 is 0 Å². The first-order valence-electron chi connectivity index (χ1n) is 9.21. The van der Waals surface area contributed by atoms with Crippen molar-refractivity contribution in [2.75, 3.05) is 13.2 Å². The number of amides is 1. The number of carbonyl (C=O) groups excluding carboxylic acids is 1. The number of fused-ring (bicyclic) bond motifs is 1. The average Bonchev–Trinajstić information content (AvgIpc) is 3.00. The highest BCUT2D eigenvalue weighted by Crippen LogP contribution is 2.43. The van der Waals surface area contributed by atoms with Crippen molar-refractivity contribution in [3.8, 4) is 0 Å². The number of aliphatic hydroxyl groups excluding tert-OH is 1. The lowest BCUT2D eigenvalue weighted by molar-refractivity contribution is -0.139. The van der Waals surface area contributed by atoms with E-state index < -0.39 is 0 Å². The molecule has 0 spiro atoms. The number of hydrogen-bond acceptors (Lipinski definition) is 2. The van der Waals surface area contributed by atoms with Crippen LogP contribution in [0.15, 0.2) is 0 Å². The van der Waals surface area contributed by atoms with Crippen molar-refractivity contribution in [3.05, 3.63) is 0 Å². The minimum absolute atomic E-state index is 0.256. The topological polar surface area (TPSA) is 40.5 Å². The SMILES string of the molecule is O=C(C1CCC2CCCCC2C1)N1CCCC1CCCO. The highest BCUT2D eigenvalue weighted by molar-refractivity contribution is 5.79. The molecular weight excluding hydrogens is 262 g/mol. The standard InChI is InChI=1S/C18H31NO2/c20-12-4-8-17-7-3-11-19(17)18(21)16-10-9-14-5-1-2-6-15(14)13-16/h14-17,20H,1-13H2. The lowest BCUT2D eigenvalue weighted by Gasteiger charge is -2.40. The Morgan fingerprint density at radius 3 is 2.62 bits per heavy atom. The number of likely N-dealkylation sites (tertiary alicyclic amines) is 1. The van der Waals surface area contributed by atoms with E-state index in [1.54, 1.807) is 0 Å². The Balaban J connectivity index is 1.57. The molecule has 3 nitrogen and oxygen atoms in total. The molecule has 1 heterocycles. The zero-order valence-corrected chi connectivity index (χ0v) is 13.3. The molecule has 1 N–H and O–H groups in total. The minimum Gasteiger partial charge on any atom is -0.396 e. The first kappa shape index (κ1) is 15.3. The van der Waals surface area contributed by atoms with Crippen LogP contribution in [0, 0.1) is 17.8 Å². The minimum atomic E-state index is 0.256. The molecule has 0 aromatic rings. The van der Waals surface area contributed by atoms with Crippen molar-refractivity contribution in [3.63, 3.8) is 0 Å². The maximum atomic E-state index is 12.9. The van der Waals surface area contributed by atoms with E-state index >= 15 is 0 Å². The zero-order chi connectivity index (χ0) is 14.7. The van der Waals surface area contributed by atoms with Gasteiger partial charge in [0.05, 0.1) is 0 Å². The van der Waals surface area contributed by atoms with Crippen LogP contribution in [-0.4, -0.2) is 35.1 Å². The van der Waals surface area contributed by atoms with Crippen LogP contribution in [0.3, 0.4) is 0 Å². The normalized spacial score (nSPS) is 36.5. The Kier molecular flexibility index (Phi) is 5.20. The fraction of sp³-hybridized carbons (Fsp3) is 0.944. The van der Waals surface area contributed by atoms with Crippen molar-refractivity contribution >= 4 is 5.91 Å². The molecule has 3 aliphatic rings. The van der Waals surface area contributed by atoms with E-state index in [4.69, 9.17) is 5.11 Å². The van der Waals surface area contributed by atoms with Crippen molar-refractivity contribution in [1.29, 1.82) is 0 Å². The van der Waals surface area contributed by atoms with E-state index in [0.29, 0.717) is 17.9 Å². The number of rotatable bonds is 4. The Morgan fingerprint density at radius 1 is 1.00 bits per heavy atom. The lowest BCUT2D eigenvalue weighted by Crippen LogP contribution is -2.42. The highest BCUT2D eigenvalue weighted by Gasteiger charge is 2.38. The Labute approximate surface area is 129 Å². The van der Waals surface area contributed by atoms with Crippen LogP contribution in [0.2, 0.25) is 0 Å². The van der Waals surface area contributed by atoms with E-state index in [-0.39, 0.29) is 6.61 Å². The van der Waals surface area contributed by atoms with Crippen LogP contribution in [0.4, 0.5) is 0 Å². The van der Waals surface area contributed by atoms with Gasteiger partial charge in [0.25, 0.3) is 0 Å². The van der Waals surface area contributed by atoms with Crippen LogP contribution in [-0.2, 0) is 4.79 Å². The van der Waals surface area contributed by atoms with Gasteiger partial charge in [0, 0.05) is 25.1 Å². The lowest BCUT2D eigenvalue weighted by atomic mass is 9.67. The predicted molar refractivity (Wildman–Crippen MR) is 83.8 cm³/mol. The molecule has 4 unspecified atom stereocenters. The molecule has 1 amide bonds. The number of carbonyl (C=O) groups is 1. The van der Waals surface area contributed by atoms with Crippen molar-refractivity contribution < 1.29 is 9.90 Å². The van der Waals surface area contributed by atoms with Gasteiger partial charge < -0.3 is 10.0 Å². The van der Waals surface area contributed by atoms with Crippen LogP contribution in [0.5, 0.6) is 0 Å². The smallest absolute Gasteiger partial charge is 0.225 e. The Bertz CT molecular complexity index is 357. The van der Waals surface area contributed by atoms with Gasteiger partial charge in [0.1, 0.15) is 0 Å². The zero-order valence-electron chi connectivity index (χ0n) is 13.3. The Hall–Kier alpha value is -0.570. The van der Waals surface area contributed by atoms with Gasteiger partial charge in [0.15, 0.2) is 0 Å². The van der Waals surface area contributed by atoms with E-state index in [2.05, 4.69) is 4.90 Å². The molecule has 2 saturated carbocycles. The fourth-order valence-electron chi connectivity index (χ4n) is 5.09. The molecule has 0 radical (unpaired) electrons. The molecule has 2 aliphatic carbocycles. The van der Waals surface area contributed by atoms with E-state index in [0.717, 1.165) is 56.9 Å². The molecular formula is C18H31NO2. The molecule has 0 aromatic heterocycles.